The van der Waals surface area contributed by atoms with E-state index in [0.717, 1.165) is 22.0 Å². The highest BCUT2D eigenvalue weighted by atomic mass is 32.2. The minimum absolute atomic E-state index is 0.0554. The van der Waals surface area contributed by atoms with Crippen LogP contribution in [0.25, 0.3) is 0 Å². The Kier molecular flexibility index (Phi) is 6.84. The van der Waals surface area contributed by atoms with E-state index in [1.807, 2.05) is 37.3 Å². The second kappa shape index (κ2) is 9.54. The van der Waals surface area contributed by atoms with Gasteiger partial charge in [-0.3, -0.25) is 9.10 Å². The number of halogens is 1. The second-order valence-corrected chi connectivity index (χ2v) is 8.78. The molecule has 0 aromatic heterocycles. The summed E-state index contributed by atoms with van der Waals surface area (Å²) in [5, 5.41) is 2.80. The average Bonchev–Trinajstić information content (AvgIpc) is 2.77. The van der Waals surface area contributed by atoms with Crippen LogP contribution in [0.15, 0.2) is 89.8 Å². The van der Waals surface area contributed by atoms with Gasteiger partial charge in [-0.1, -0.05) is 55.5 Å². The van der Waals surface area contributed by atoms with Gasteiger partial charge in [0.1, 0.15) is 12.4 Å². The van der Waals surface area contributed by atoms with Gasteiger partial charge in [0.15, 0.2) is 0 Å². The fourth-order valence-electron chi connectivity index (χ4n) is 2.99. The van der Waals surface area contributed by atoms with Gasteiger partial charge in [-0.15, -0.1) is 0 Å². The fraction of sp³-hybridized carbons (Fsp3) is 0.174. The first kappa shape index (κ1) is 21.5. The van der Waals surface area contributed by atoms with E-state index in [1.165, 1.54) is 24.3 Å². The SMILES string of the molecule is CC(CNC(=O)CN(c1ccc(F)cc1)S(=O)(=O)c1ccccc1)c1ccccc1. The number of rotatable bonds is 8. The summed E-state index contributed by atoms with van der Waals surface area (Å²) in [4.78, 5) is 12.7. The summed E-state index contributed by atoms with van der Waals surface area (Å²) in [5.74, 6) is -0.862. The summed E-state index contributed by atoms with van der Waals surface area (Å²) >= 11 is 0. The van der Waals surface area contributed by atoms with E-state index < -0.39 is 28.3 Å². The molecule has 3 aromatic rings. The summed E-state index contributed by atoms with van der Waals surface area (Å²) in [6, 6.07) is 22.6. The number of carbonyl (C=O) groups is 1. The maximum absolute atomic E-state index is 13.4. The van der Waals surface area contributed by atoms with E-state index in [0.29, 0.717) is 6.54 Å². The maximum atomic E-state index is 13.4. The Balaban J connectivity index is 1.79. The fourth-order valence-corrected chi connectivity index (χ4v) is 4.44. The van der Waals surface area contributed by atoms with Gasteiger partial charge in [-0.2, -0.15) is 0 Å². The van der Waals surface area contributed by atoms with Crippen molar-refractivity contribution >= 4 is 21.6 Å². The van der Waals surface area contributed by atoms with Crippen molar-refractivity contribution in [3.8, 4) is 0 Å². The molecule has 1 N–H and O–H groups in total. The molecule has 0 aliphatic heterocycles. The van der Waals surface area contributed by atoms with Gasteiger partial charge in [0, 0.05) is 6.54 Å². The van der Waals surface area contributed by atoms with Crippen LogP contribution in [0.2, 0.25) is 0 Å². The zero-order chi connectivity index (χ0) is 21.6. The standard InChI is InChI=1S/C23H23FN2O3S/c1-18(19-8-4-2-5-9-19)16-25-23(27)17-26(21-14-12-20(24)13-15-21)30(28,29)22-10-6-3-7-11-22/h2-15,18H,16-17H2,1H3,(H,25,27). The van der Waals surface area contributed by atoms with Crippen LogP contribution in [0, 0.1) is 5.82 Å². The lowest BCUT2D eigenvalue weighted by atomic mass is 10.0. The molecule has 0 bridgehead atoms. The lowest BCUT2D eigenvalue weighted by Crippen LogP contribution is -2.41. The van der Waals surface area contributed by atoms with E-state index in [1.54, 1.807) is 18.2 Å². The molecule has 0 spiro atoms. The molecule has 5 nitrogen and oxygen atoms in total. The van der Waals surface area contributed by atoms with Gasteiger partial charge < -0.3 is 5.32 Å². The Bertz CT molecular complexity index is 1070. The highest BCUT2D eigenvalue weighted by Crippen LogP contribution is 2.23. The number of nitrogens with zero attached hydrogens (tertiary/aromatic N) is 1. The third kappa shape index (κ3) is 5.24. The van der Waals surface area contributed by atoms with Crippen molar-refractivity contribution in [1.29, 1.82) is 0 Å². The highest BCUT2D eigenvalue weighted by molar-refractivity contribution is 7.92. The predicted molar refractivity (Wildman–Crippen MR) is 115 cm³/mol. The quantitative estimate of drug-likeness (QED) is 0.593. The maximum Gasteiger partial charge on any atom is 0.264 e. The molecule has 0 fully saturated rings. The van der Waals surface area contributed by atoms with Crippen LogP contribution in [-0.4, -0.2) is 27.4 Å². The Morgan fingerprint density at radius 2 is 1.50 bits per heavy atom. The lowest BCUT2D eigenvalue weighted by Gasteiger charge is -2.24. The molecule has 3 rings (SSSR count). The van der Waals surface area contributed by atoms with Gasteiger partial charge >= 0.3 is 0 Å². The molecule has 0 aliphatic carbocycles. The molecule has 0 saturated carbocycles. The van der Waals surface area contributed by atoms with Crippen LogP contribution < -0.4 is 9.62 Å². The Hall–Kier alpha value is -3.19. The predicted octanol–water partition coefficient (Wildman–Crippen LogP) is 3.94. The number of hydrogen-bond donors (Lipinski definition) is 1. The van der Waals surface area contributed by atoms with Crippen LogP contribution in [0.1, 0.15) is 18.4 Å². The largest absolute Gasteiger partial charge is 0.354 e. The summed E-state index contributed by atoms with van der Waals surface area (Å²) < 4.78 is 40.7. The molecule has 30 heavy (non-hydrogen) atoms. The number of amides is 1. The molecule has 7 heteroatoms. The van der Waals surface area contributed by atoms with Crippen molar-refractivity contribution in [1.82, 2.24) is 5.32 Å². The Morgan fingerprint density at radius 3 is 2.10 bits per heavy atom. The smallest absolute Gasteiger partial charge is 0.264 e. The van der Waals surface area contributed by atoms with Crippen LogP contribution in [0.3, 0.4) is 0 Å². The summed E-state index contributed by atoms with van der Waals surface area (Å²) in [7, 11) is -4.00. The van der Waals surface area contributed by atoms with E-state index in [-0.39, 0.29) is 16.5 Å². The van der Waals surface area contributed by atoms with Crippen LogP contribution in [0.5, 0.6) is 0 Å². The molecule has 0 heterocycles. The van der Waals surface area contributed by atoms with Crippen molar-refractivity contribution in [3.63, 3.8) is 0 Å². The first-order chi connectivity index (χ1) is 14.4. The number of nitrogens with one attached hydrogen (secondary N) is 1. The van der Waals surface area contributed by atoms with Crippen molar-refractivity contribution < 1.29 is 17.6 Å². The topological polar surface area (TPSA) is 66.5 Å². The van der Waals surface area contributed by atoms with Gasteiger partial charge in [0.2, 0.25) is 5.91 Å². The summed E-state index contributed by atoms with van der Waals surface area (Å²) in [6.07, 6.45) is 0. The molecule has 0 aliphatic rings. The van der Waals surface area contributed by atoms with Crippen molar-refractivity contribution in [2.45, 2.75) is 17.7 Å². The number of sulfonamides is 1. The molecule has 1 atom stereocenters. The number of hydrogen-bond acceptors (Lipinski definition) is 3. The minimum Gasteiger partial charge on any atom is -0.354 e. The van der Waals surface area contributed by atoms with Crippen LogP contribution in [-0.2, 0) is 14.8 Å². The molecule has 1 amide bonds. The minimum atomic E-state index is -4.00. The summed E-state index contributed by atoms with van der Waals surface area (Å²) in [6.45, 7) is 1.93. The van der Waals surface area contributed by atoms with Gasteiger partial charge in [-0.05, 0) is 47.9 Å². The Morgan fingerprint density at radius 1 is 0.933 bits per heavy atom. The van der Waals surface area contributed by atoms with Crippen molar-refractivity contribution in [3.05, 3.63) is 96.3 Å². The second-order valence-electron chi connectivity index (χ2n) is 6.92. The average molecular weight is 427 g/mol. The zero-order valence-electron chi connectivity index (χ0n) is 16.5. The zero-order valence-corrected chi connectivity index (χ0v) is 17.3. The van der Waals surface area contributed by atoms with Crippen molar-refractivity contribution in [2.75, 3.05) is 17.4 Å². The monoisotopic (exact) mass is 426 g/mol. The Labute approximate surface area is 176 Å². The molecule has 156 valence electrons. The van der Waals surface area contributed by atoms with Crippen LogP contribution >= 0.6 is 0 Å². The van der Waals surface area contributed by atoms with E-state index in [4.69, 9.17) is 0 Å². The van der Waals surface area contributed by atoms with E-state index >= 15 is 0 Å². The number of anilines is 1. The summed E-state index contributed by atoms with van der Waals surface area (Å²) in [5.41, 5.74) is 1.29. The molecule has 3 aromatic carbocycles. The van der Waals surface area contributed by atoms with Crippen molar-refractivity contribution in [2.24, 2.45) is 0 Å². The van der Waals surface area contributed by atoms with Gasteiger partial charge in [0.05, 0.1) is 10.6 Å². The lowest BCUT2D eigenvalue weighted by molar-refractivity contribution is -0.119. The third-order valence-electron chi connectivity index (χ3n) is 4.71. The first-order valence-corrected chi connectivity index (χ1v) is 11.0. The van der Waals surface area contributed by atoms with Crippen LogP contribution in [0.4, 0.5) is 10.1 Å². The number of benzene rings is 3. The third-order valence-corrected chi connectivity index (χ3v) is 6.50. The molecule has 0 radical (unpaired) electrons. The van der Waals surface area contributed by atoms with E-state index in [2.05, 4.69) is 5.32 Å². The molecule has 1 unspecified atom stereocenters. The van der Waals surface area contributed by atoms with Gasteiger partial charge in [0.25, 0.3) is 10.0 Å². The van der Waals surface area contributed by atoms with Gasteiger partial charge in [-0.25, -0.2) is 12.8 Å². The molecule has 0 saturated heterocycles. The number of carbonyl (C=O) groups excluding carboxylic acids is 1. The molecular formula is C23H23FN2O3S. The molecular weight excluding hydrogens is 403 g/mol. The van der Waals surface area contributed by atoms with E-state index in [9.17, 15) is 17.6 Å². The normalized spacial score (nSPS) is 12.2. The first-order valence-electron chi connectivity index (χ1n) is 9.53. The highest BCUT2D eigenvalue weighted by Gasteiger charge is 2.27.